The first-order chi connectivity index (χ1) is 9.58. The topological polar surface area (TPSA) is 58.3 Å². The van der Waals surface area contributed by atoms with Crippen LogP contribution in [-0.2, 0) is 0 Å². The molecule has 0 heterocycles. The smallest absolute Gasteiger partial charge is 0.0807 e. The van der Waals surface area contributed by atoms with E-state index in [9.17, 15) is 5.11 Å². The highest BCUT2D eigenvalue weighted by molar-refractivity contribution is 5.50. The highest BCUT2D eigenvalue weighted by atomic mass is 16.3. The van der Waals surface area contributed by atoms with Crippen molar-refractivity contribution in [2.24, 2.45) is 0 Å². The van der Waals surface area contributed by atoms with Gasteiger partial charge in [-0.25, -0.2) is 0 Å². The minimum Gasteiger partial charge on any atom is -0.399 e. The van der Waals surface area contributed by atoms with Gasteiger partial charge in [-0.05, 0) is 49.1 Å². The molecule has 0 radical (unpaired) electrons. The molecule has 2 aromatic carbocycles. The van der Waals surface area contributed by atoms with Crippen molar-refractivity contribution in [3.05, 3.63) is 59.2 Å². The third-order valence-electron chi connectivity index (χ3n) is 3.57. The van der Waals surface area contributed by atoms with E-state index in [1.165, 1.54) is 5.56 Å². The Labute approximate surface area is 120 Å². The zero-order valence-corrected chi connectivity index (χ0v) is 12.1. The number of hydrogen-bond acceptors (Lipinski definition) is 3. The highest BCUT2D eigenvalue weighted by Gasteiger charge is 2.08. The molecule has 4 N–H and O–H groups in total. The molecule has 0 saturated heterocycles. The van der Waals surface area contributed by atoms with Crippen LogP contribution in [0.2, 0.25) is 0 Å². The third-order valence-corrected chi connectivity index (χ3v) is 3.57. The van der Waals surface area contributed by atoms with Crippen LogP contribution in [-0.4, -0.2) is 11.7 Å². The summed E-state index contributed by atoms with van der Waals surface area (Å²) in [6, 6.07) is 13.9. The number of rotatable bonds is 5. The van der Waals surface area contributed by atoms with Crippen LogP contribution in [0.4, 0.5) is 11.4 Å². The van der Waals surface area contributed by atoms with Gasteiger partial charge in [0.05, 0.1) is 6.10 Å². The molecule has 2 rings (SSSR count). The maximum Gasteiger partial charge on any atom is 0.0807 e. The molecule has 0 spiro atoms. The van der Waals surface area contributed by atoms with E-state index in [1.807, 2.05) is 43.3 Å². The lowest BCUT2D eigenvalue weighted by Crippen LogP contribution is -2.08. The fraction of sp³-hybridized carbons (Fsp3) is 0.294. The number of aliphatic hydroxyl groups excluding tert-OH is 1. The van der Waals surface area contributed by atoms with Gasteiger partial charge >= 0.3 is 0 Å². The maximum atomic E-state index is 10.2. The fourth-order valence-electron chi connectivity index (χ4n) is 2.15. The van der Waals surface area contributed by atoms with Crippen molar-refractivity contribution in [2.45, 2.75) is 26.4 Å². The molecule has 0 amide bonds. The van der Waals surface area contributed by atoms with Crippen LogP contribution in [0.5, 0.6) is 0 Å². The molecule has 1 atom stereocenters. The SMILES string of the molecule is Cc1ccc(C(O)CCNc2ccccc2C)cc1N. The monoisotopic (exact) mass is 270 g/mol. The number of para-hydroxylation sites is 1. The van der Waals surface area contributed by atoms with Crippen molar-refractivity contribution in [1.29, 1.82) is 0 Å². The lowest BCUT2D eigenvalue weighted by molar-refractivity contribution is 0.171. The Morgan fingerprint density at radius 1 is 1.10 bits per heavy atom. The summed E-state index contributed by atoms with van der Waals surface area (Å²) in [6.07, 6.45) is 0.158. The fourth-order valence-corrected chi connectivity index (χ4v) is 2.15. The van der Waals surface area contributed by atoms with Crippen LogP contribution in [0, 0.1) is 13.8 Å². The van der Waals surface area contributed by atoms with Crippen LogP contribution in [0.25, 0.3) is 0 Å². The predicted molar refractivity (Wildman–Crippen MR) is 84.8 cm³/mol. The van der Waals surface area contributed by atoms with Crippen LogP contribution < -0.4 is 11.1 Å². The molecule has 0 aliphatic rings. The lowest BCUT2D eigenvalue weighted by atomic mass is 10.0. The number of nitrogens with two attached hydrogens (primary N) is 1. The molecule has 2 aromatic rings. The van der Waals surface area contributed by atoms with Gasteiger partial charge in [-0.2, -0.15) is 0 Å². The zero-order valence-electron chi connectivity index (χ0n) is 12.1. The second-order valence-corrected chi connectivity index (χ2v) is 5.16. The van der Waals surface area contributed by atoms with Crippen LogP contribution in [0.15, 0.2) is 42.5 Å². The van der Waals surface area contributed by atoms with E-state index in [0.717, 1.165) is 29.0 Å². The second-order valence-electron chi connectivity index (χ2n) is 5.16. The minimum atomic E-state index is -0.491. The quantitative estimate of drug-likeness (QED) is 0.730. The van der Waals surface area contributed by atoms with Crippen LogP contribution in [0.3, 0.4) is 0 Å². The molecular weight excluding hydrogens is 248 g/mol. The molecule has 0 aliphatic carbocycles. The predicted octanol–water partition coefficient (Wildman–Crippen LogP) is 3.42. The number of benzene rings is 2. The van der Waals surface area contributed by atoms with Gasteiger partial charge in [-0.3, -0.25) is 0 Å². The Hall–Kier alpha value is -2.00. The van der Waals surface area contributed by atoms with E-state index in [0.29, 0.717) is 6.42 Å². The van der Waals surface area contributed by atoms with E-state index in [2.05, 4.69) is 18.3 Å². The number of anilines is 2. The number of nitrogen functional groups attached to an aromatic ring is 1. The van der Waals surface area contributed by atoms with Crippen molar-refractivity contribution >= 4 is 11.4 Å². The Morgan fingerprint density at radius 3 is 2.55 bits per heavy atom. The molecule has 0 fully saturated rings. The molecule has 0 saturated carbocycles. The summed E-state index contributed by atoms with van der Waals surface area (Å²) in [5.41, 5.74) is 10.8. The van der Waals surface area contributed by atoms with E-state index >= 15 is 0 Å². The average Bonchev–Trinajstić information content (AvgIpc) is 2.44. The van der Waals surface area contributed by atoms with Crippen molar-refractivity contribution in [3.8, 4) is 0 Å². The summed E-state index contributed by atoms with van der Waals surface area (Å²) < 4.78 is 0. The van der Waals surface area contributed by atoms with Crippen LogP contribution in [0.1, 0.15) is 29.2 Å². The van der Waals surface area contributed by atoms with Gasteiger partial charge < -0.3 is 16.2 Å². The minimum absolute atomic E-state index is 0.491. The summed E-state index contributed by atoms with van der Waals surface area (Å²) in [7, 11) is 0. The first-order valence-corrected chi connectivity index (χ1v) is 6.91. The van der Waals surface area contributed by atoms with Gasteiger partial charge in [0.1, 0.15) is 0 Å². The Kier molecular flexibility index (Phi) is 4.64. The average molecular weight is 270 g/mol. The zero-order chi connectivity index (χ0) is 14.5. The molecule has 106 valence electrons. The largest absolute Gasteiger partial charge is 0.399 e. The molecule has 1 unspecified atom stereocenters. The number of aryl methyl sites for hydroxylation is 2. The number of nitrogens with one attached hydrogen (secondary N) is 1. The van der Waals surface area contributed by atoms with Crippen molar-refractivity contribution in [3.63, 3.8) is 0 Å². The van der Waals surface area contributed by atoms with Gasteiger partial charge in [-0.1, -0.05) is 30.3 Å². The van der Waals surface area contributed by atoms with Gasteiger partial charge in [0, 0.05) is 17.9 Å². The summed E-state index contributed by atoms with van der Waals surface area (Å²) in [5.74, 6) is 0. The molecule has 3 heteroatoms. The van der Waals surface area contributed by atoms with Gasteiger partial charge in [0.2, 0.25) is 0 Å². The van der Waals surface area contributed by atoms with E-state index in [4.69, 9.17) is 5.73 Å². The third kappa shape index (κ3) is 3.52. The number of hydrogen-bond donors (Lipinski definition) is 3. The second kappa shape index (κ2) is 6.44. The molecule has 0 bridgehead atoms. The lowest BCUT2D eigenvalue weighted by Gasteiger charge is -2.14. The standard InChI is InChI=1S/C17H22N2O/c1-12-7-8-14(11-15(12)18)17(20)9-10-19-16-6-4-3-5-13(16)2/h3-8,11,17,19-20H,9-10,18H2,1-2H3. The van der Waals surface area contributed by atoms with Crippen molar-refractivity contribution < 1.29 is 5.11 Å². The van der Waals surface area contributed by atoms with Gasteiger partial charge in [0.15, 0.2) is 0 Å². The molecule has 0 aromatic heterocycles. The van der Waals surface area contributed by atoms with E-state index < -0.39 is 6.10 Å². The Morgan fingerprint density at radius 2 is 1.85 bits per heavy atom. The van der Waals surface area contributed by atoms with E-state index in [-0.39, 0.29) is 0 Å². The molecule has 20 heavy (non-hydrogen) atoms. The molecular formula is C17H22N2O. The highest BCUT2D eigenvalue weighted by Crippen LogP contribution is 2.22. The Bertz CT molecular complexity index is 581. The first-order valence-electron chi connectivity index (χ1n) is 6.91. The van der Waals surface area contributed by atoms with Gasteiger partial charge in [-0.15, -0.1) is 0 Å². The Balaban J connectivity index is 1.90. The normalized spacial score (nSPS) is 12.2. The maximum absolute atomic E-state index is 10.2. The molecule has 0 aliphatic heterocycles. The van der Waals surface area contributed by atoms with E-state index in [1.54, 1.807) is 0 Å². The van der Waals surface area contributed by atoms with Crippen LogP contribution >= 0.6 is 0 Å². The van der Waals surface area contributed by atoms with Crippen molar-refractivity contribution in [2.75, 3.05) is 17.6 Å². The summed E-state index contributed by atoms with van der Waals surface area (Å²) in [5, 5.41) is 13.5. The summed E-state index contributed by atoms with van der Waals surface area (Å²) >= 11 is 0. The van der Waals surface area contributed by atoms with Gasteiger partial charge in [0.25, 0.3) is 0 Å². The summed E-state index contributed by atoms with van der Waals surface area (Å²) in [6.45, 7) is 4.75. The summed E-state index contributed by atoms with van der Waals surface area (Å²) in [4.78, 5) is 0. The first kappa shape index (κ1) is 14.4. The molecule has 3 nitrogen and oxygen atoms in total. The number of aliphatic hydroxyl groups is 1. The van der Waals surface area contributed by atoms with Crippen molar-refractivity contribution in [1.82, 2.24) is 0 Å².